The number of nitrogens with one attached hydrogen (secondary N) is 1. The number of nitrogens with two attached hydrogens (primary N) is 1. The van der Waals surface area contributed by atoms with Gasteiger partial charge in [-0.25, -0.2) is 4.99 Å². The third kappa shape index (κ3) is 6.13. The van der Waals surface area contributed by atoms with Crippen molar-refractivity contribution in [3.63, 3.8) is 0 Å². The molecule has 0 spiro atoms. The Hall–Kier alpha value is -3.26. The molecule has 0 saturated carbocycles. The van der Waals surface area contributed by atoms with Crippen LogP contribution in [0.5, 0.6) is 11.5 Å². The molecule has 3 N–H and O–H groups in total. The number of morpholine rings is 1. The number of guanidine groups is 1. The monoisotopic (exact) mass is 440 g/mol. The second-order valence-electron chi connectivity index (χ2n) is 7.91. The summed E-state index contributed by atoms with van der Waals surface area (Å²) in [6.07, 6.45) is 0.0971. The molecule has 1 saturated heterocycles. The first-order chi connectivity index (χ1) is 15.4. The molecule has 8 heteroatoms. The van der Waals surface area contributed by atoms with Crippen LogP contribution in [-0.4, -0.2) is 56.3 Å². The van der Waals surface area contributed by atoms with Gasteiger partial charge >= 0.3 is 0 Å². The van der Waals surface area contributed by atoms with E-state index >= 15 is 0 Å². The Labute approximate surface area is 189 Å². The van der Waals surface area contributed by atoms with Gasteiger partial charge in [0.2, 0.25) is 0 Å². The summed E-state index contributed by atoms with van der Waals surface area (Å²) in [6, 6.07) is 13.2. The molecular weight excluding hydrogens is 408 g/mol. The number of carbonyl (C=O) groups is 1. The van der Waals surface area contributed by atoms with Crippen LogP contribution in [0, 0.1) is 0 Å². The number of methoxy groups -OCH3 is 2. The lowest BCUT2D eigenvalue weighted by Crippen LogP contribution is -2.48. The number of hydrogen-bond donors (Lipinski definition) is 2. The summed E-state index contributed by atoms with van der Waals surface area (Å²) in [7, 11) is 3.20. The molecule has 1 amide bonds. The molecule has 0 bridgehead atoms. The van der Waals surface area contributed by atoms with E-state index in [2.05, 4.69) is 10.3 Å². The molecule has 1 fully saturated rings. The predicted octanol–water partition coefficient (Wildman–Crippen LogP) is 2.56. The van der Waals surface area contributed by atoms with Crippen LogP contribution in [0.4, 0.5) is 0 Å². The van der Waals surface area contributed by atoms with Crippen molar-refractivity contribution in [3.8, 4) is 11.5 Å². The van der Waals surface area contributed by atoms with E-state index in [1.165, 1.54) is 0 Å². The second-order valence-corrected chi connectivity index (χ2v) is 7.91. The van der Waals surface area contributed by atoms with Crippen LogP contribution in [0.15, 0.2) is 47.5 Å². The highest BCUT2D eigenvalue weighted by molar-refractivity contribution is 5.94. The van der Waals surface area contributed by atoms with Crippen LogP contribution in [0.1, 0.15) is 35.3 Å². The summed E-state index contributed by atoms with van der Waals surface area (Å²) in [5.74, 6) is 1.70. The van der Waals surface area contributed by atoms with Gasteiger partial charge in [-0.05, 0) is 49.2 Å². The molecule has 8 nitrogen and oxygen atoms in total. The van der Waals surface area contributed by atoms with Crippen LogP contribution in [-0.2, 0) is 17.8 Å². The van der Waals surface area contributed by atoms with Gasteiger partial charge in [-0.3, -0.25) is 4.79 Å². The molecule has 2 unspecified atom stereocenters. The van der Waals surface area contributed by atoms with Crippen molar-refractivity contribution in [2.24, 2.45) is 10.7 Å². The highest BCUT2D eigenvalue weighted by Gasteiger charge is 2.26. The molecule has 0 aromatic heterocycles. The topological polar surface area (TPSA) is 98.4 Å². The summed E-state index contributed by atoms with van der Waals surface area (Å²) in [5, 5.41) is 3.10. The van der Waals surface area contributed by atoms with Gasteiger partial charge in [0.05, 0.1) is 33.0 Å². The smallest absolute Gasteiger partial charge is 0.254 e. The van der Waals surface area contributed by atoms with E-state index in [0.29, 0.717) is 49.2 Å². The van der Waals surface area contributed by atoms with Gasteiger partial charge in [0, 0.05) is 25.2 Å². The van der Waals surface area contributed by atoms with Gasteiger partial charge in [0.1, 0.15) is 0 Å². The maximum Gasteiger partial charge on any atom is 0.254 e. The quantitative estimate of drug-likeness (QED) is 0.507. The van der Waals surface area contributed by atoms with Gasteiger partial charge in [-0.1, -0.05) is 18.2 Å². The van der Waals surface area contributed by atoms with E-state index < -0.39 is 0 Å². The third-order valence-electron chi connectivity index (χ3n) is 5.26. The van der Waals surface area contributed by atoms with Crippen molar-refractivity contribution in [1.82, 2.24) is 10.2 Å². The molecule has 0 aliphatic carbocycles. The molecule has 172 valence electrons. The van der Waals surface area contributed by atoms with Crippen LogP contribution < -0.4 is 20.5 Å². The Kier molecular flexibility index (Phi) is 7.94. The van der Waals surface area contributed by atoms with Crippen LogP contribution in [0.2, 0.25) is 0 Å². The van der Waals surface area contributed by atoms with E-state index in [9.17, 15) is 4.79 Å². The Morgan fingerprint density at radius 3 is 2.31 bits per heavy atom. The molecule has 0 radical (unpaired) electrons. The van der Waals surface area contributed by atoms with Gasteiger partial charge in [0.25, 0.3) is 5.91 Å². The van der Waals surface area contributed by atoms with Crippen molar-refractivity contribution in [2.75, 3.05) is 27.3 Å². The van der Waals surface area contributed by atoms with Gasteiger partial charge in [-0.2, -0.15) is 0 Å². The first-order valence-electron chi connectivity index (χ1n) is 10.7. The highest BCUT2D eigenvalue weighted by atomic mass is 16.5. The fourth-order valence-corrected chi connectivity index (χ4v) is 3.70. The maximum atomic E-state index is 12.8. The Morgan fingerprint density at radius 2 is 1.69 bits per heavy atom. The minimum atomic E-state index is 0.0301. The molecular formula is C24H32N4O4. The molecule has 3 rings (SSSR count). The SMILES string of the molecule is COc1ccc(CN=C(N)NCc2ccc(C(=O)N3CC(C)OC(C)C3)cc2)cc1OC. The van der Waals surface area contributed by atoms with Crippen LogP contribution in [0.25, 0.3) is 0 Å². The van der Waals surface area contributed by atoms with Crippen LogP contribution in [0.3, 0.4) is 0 Å². The highest BCUT2D eigenvalue weighted by Crippen LogP contribution is 2.27. The van der Waals surface area contributed by atoms with Crippen molar-refractivity contribution >= 4 is 11.9 Å². The van der Waals surface area contributed by atoms with E-state index in [4.69, 9.17) is 19.9 Å². The third-order valence-corrected chi connectivity index (χ3v) is 5.26. The van der Waals surface area contributed by atoms with Gasteiger partial charge in [-0.15, -0.1) is 0 Å². The summed E-state index contributed by atoms with van der Waals surface area (Å²) < 4.78 is 16.3. The van der Waals surface area contributed by atoms with Crippen molar-refractivity contribution in [1.29, 1.82) is 0 Å². The molecule has 2 aromatic rings. The second kappa shape index (κ2) is 10.9. The van der Waals surface area contributed by atoms with Crippen LogP contribution >= 0.6 is 0 Å². The maximum absolute atomic E-state index is 12.8. The fraction of sp³-hybridized carbons (Fsp3) is 0.417. The zero-order valence-electron chi connectivity index (χ0n) is 19.1. The van der Waals surface area contributed by atoms with E-state index in [0.717, 1.165) is 11.1 Å². The number of benzene rings is 2. The summed E-state index contributed by atoms with van der Waals surface area (Å²) in [5.41, 5.74) is 8.65. The number of ether oxygens (including phenoxy) is 3. The summed E-state index contributed by atoms with van der Waals surface area (Å²) in [4.78, 5) is 19.0. The molecule has 1 heterocycles. The van der Waals surface area contributed by atoms with Crippen molar-refractivity contribution in [3.05, 3.63) is 59.2 Å². The molecule has 2 atom stereocenters. The minimum Gasteiger partial charge on any atom is -0.493 e. The average Bonchev–Trinajstić information content (AvgIpc) is 2.80. The number of aliphatic imine (C=N–C) groups is 1. The number of rotatable bonds is 7. The van der Waals surface area contributed by atoms with E-state index in [1.807, 2.05) is 61.2 Å². The summed E-state index contributed by atoms with van der Waals surface area (Å²) >= 11 is 0. The van der Waals surface area contributed by atoms with Crippen molar-refractivity contribution < 1.29 is 19.0 Å². The Bertz CT molecular complexity index is 936. The normalized spacial score (nSPS) is 18.9. The lowest BCUT2D eigenvalue weighted by Gasteiger charge is -2.35. The zero-order valence-corrected chi connectivity index (χ0v) is 19.1. The first-order valence-corrected chi connectivity index (χ1v) is 10.7. The predicted molar refractivity (Wildman–Crippen MR) is 124 cm³/mol. The van der Waals surface area contributed by atoms with E-state index in [-0.39, 0.29) is 18.1 Å². The van der Waals surface area contributed by atoms with E-state index in [1.54, 1.807) is 14.2 Å². The molecule has 1 aliphatic heterocycles. The lowest BCUT2D eigenvalue weighted by molar-refractivity contribution is -0.0586. The Balaban J connectivity index is 1.53. The zero-order chi connectivity index (χ0) is 23.1. The largest absolute Gasteiger partial charge is 0.493 e. The number of carbonyl (C=O) groups excluding carboxylic acids is 1. The van der Waals surface area contributed by atoms with Crippen molar-refractivity contribution in [2.45, 2.75) is 39.1 Å². The number of hydrogen-bond acceptors (Lipinski definition) is 5. The van der Waals surface area contributed by atoms with Gasteiger partial charge in [0.15, 0.2) is 17.5 Å². The molecule has 2 aromatic carbocycles. The number of amides is 1. The average molecular weight is 441 g/mol. The fourth-order valence-electron chi connectivity index (χ4n) is 3.70. The van der Waals surface area contributed by atoms with Gasteiger partial charge < -0.3 is 30.2 Å². The Morgan fingerprint density at radius 1 is 1.06 bits per heavy atom. The molecule has 1 aliphatic rings. The molecule has 32 heavy (non-hydrogen) atoms. The standard InChI is InChI=1S/C24H32N4O4/c1-16-14-28(15-17(2)32-16)23(29)20-8-5-18(6-9-20)12-26-24(25)27-13-19-7-10-21(30-3)22(11-19)31-4/h5-11,16-17H,12-15H2,1-4H3,(H3,25,26,27). The first kappa shape index (κ1) is 23.4. The summed E-state index contributed by atoms with van der Waals surface area (Å²) in [6.45, 7) is 6.13. The lowest BCUT2D eigenvalue weighted by atomic mass is 10.1. The number of nitrogens with zero attached hydrogens (tertiary/aromatic N) is 2. The minimum absolute atomic E-state index is 0.0301.